The summed E-state index contributed by atoms with van der Waals surface area (Å²) in [5, 5.41) is 15.4. The van der Waals surface area contributed by atoms with E-state index in [0.29, 0.717) is 30.4 Å². The van der Waals surface area contributed by atoms with E-state index in [4.69, 9.17) is 19.5 Å². The van der Waals surface area contributed by atoms with Crippen molar-refractivity contribution in [1.82, 2.24) is 9.96 Å². The molecule has 1 N–H and O–H groups in total. The van der Waals surface area contributed by atoms with Crippen LogP contribution >= 0.6 is 0 Å². The minimum atomic E-state index is -0.563. The number of nitrogens with zero attached hydrogens (tertiary/aromatic N) is 4. The summed E-state index contributed by atoms with van der Waals surface area (Å²) in [6, 6.07) is 21.4. The maximum absolute atomic E-state index is 12.8. The Morgan fingerprint density at radius 2 is 1.85 bits per heavy atom. The number of hydrogen-bond donors (Lipinski definition) is 1. The van der Waals surface area contributed by atoms with E-state index >= 15 is 0 Å². The molecule has 0 saturated carbocycles. The Kier molecular flexibility index (Phi) is 6.64. The van der Waals surface area contributed by atoms with E-state index in [1.54, 1.807) is 11.1 Å². The van der Waals surface area contributed by atoms with Gasteiger partial charge in [0.25, 0.3) is 0 Å². The second kappa shape index (κ2) is 10.3. The van der Waals surface area contributed by atoms with E-state index in [-0.39, 0.29) is 12.1 Å². The maximum Gasteiger partial charge on any atom is 0.410 e. The molecule has 1 saturated heterocycles. The Labute approximate surface area is 232 Å². The van der Waals surface area contributed by atoms with Crippen molar-refractivity contribution in [2.24, 2.45) is 9.98 Å². The molecule has 0 aliphatic carbocycles. The molecule has 6 rings (SSSR count). The Morgan fingerprint density at radius 1 is 1.02 bits per heavy atom. The molecule has 1 amide bonds. The van der Waals surface area contributed by atoms with E-state index < -0.39 is 5.60 Å². The van der Waals surface area contributed by atoms with Crippen LogP contribution in [0, 0.1) is 0 Å². The Balaban J connectivity index is 1.26. The average molecular weight is 537 g/mol. The van der Waals surface area contributed by atoms with E-state index in [1.165, 1.54) is 0 Å². The van der Waals surface area contributed by atoms with Crippen LogP contribution in [-0.2, 0) is 11.3 Å². The zero-order valence-corrected chi connectivity index (χ0v) is 22.9. The van der Waals surface area contributed by atoms with Gasteiger partial charge in [-0.15, -0.1) is 0 Å². The standard InChI is InChI=1S/C32H32N4O4/c1-32(2,3)40-31(37)35-15-7-10-28(35)30-33-26-14-12-23(17-27(26)34-30)29-18-22-11-13-25(16-24(22)19-36(29)38)39-20-21-8-5-4-6-9-21/h4-6,8-9,11-14,16-19,28,38H,7,10,15,20H2,1-3H3/t28-/m0/s1. The molecule has 3 aromatic rings. The van der Waals surface area contributed by atoms with Crippen LogP contribution in [0.3, 0.4) is 0 Å². The van der Waals surface area contributed by atoms with Crippen LogP contribution in [0.4, 0.5) is 10.5 Å². The van der Waals surface area contributed by atoms with Crippen LogP contribution < -0.4 is 25.8 Å². The van der Waals surface area contributed by atoms with Crippen LogP contribution in [0.25, 0.3) is 18.0 Å². The highest BCUT2D eigenvalue weighted by molar-refractivity contribution is 5.95. The summed E-state index contributed by atoms with van der Waals surface area (Å²) in [5.74, 6) is 1.35. The first kappa shape index (κ1) is 25.8. The Bertz CT molecular complexity index is 1740. The van der Waals surface area contributed by atoms with Crippen LogP contribution in [-0.4, -0.2) is 45.3 Å². The van der Waals surface area contributed by atoms with Crippen molar-refractivity contribution in [2.45, 2.75) is 51.9 Å². The molecule has 0 spiro atoms. The summed E-state index contributed by atoms with van der Waals surface area (Å²) in [6.45, 7) is 6.69. The number of amides is 1. The minimum absolute atomic E-state index is 0.215. The number of aliphatic imine (C=N–C) groups is 1. The molecule has 3 aliphatic rings. The number of likely N-dealkylation sites (tertiary alicyclic amines) is 1. The first-order chi connectivity index (χ1) is 19.2. The number of benzene rings is 3. The molecule has 3 aliphatic heterocycles. The summed E-state index contributed by atoms with van der Waals surface area (Å²) >= 11 is 0. The molecule has 3 aromatic carbocycles. The fourth-order valence-electron chi connectivity index (χ4n) is 5.12. The first-order valence-corrected chi connectivity index (χ1v) is 13.5. The van der Waals surface area contributed by atoms with Gasteiger partial charge in [-0.1, -0.05) is 42.5 Å². The largest absolute Gasteiger partial charge is 0.489 e. The lowest BCUT2D eigenvalue weighted by Crippen LogP contribution is -2.42. The van der Waals surface area contributed by atoms with Crippen molar-refractivity contribution < 1.29 is 19.5 Å². The van der Waals surface area contributed by atoms with Crippen LogP contribution in [0.2, 0.25) is 0 Å². The zero-order chi connectivity index (χ0) is 27.9. The predicted molar refractivity (Wildman–Crippen MR) is 153 cm³/mol. The summed E-state index contributed by atoms with van der Waals surface area (Å²) in [7, 11) is 0. The highest BCUT2D eigenvalue weighted by Gasteiger charge is 2.36. The van der Waals surface area contributed by atoms with Crippen molar-refractivity contribution >= 4 is 35.6 Å². The SMILES string of the molecule is CC(C)(C)OC(=O)N1CCC[C@H]1C1=Nc2cc(=C3C=c4ccc(OCc5ccccc5)cc4=CN3O)ccc2=N1. The number of carbonyl (C=O) groups is 1. The molecule has 40 heavy (non-hydrogen) atoms. The lowest BCUT2D eigenvalue weighted by atomic mass is 10.1. The fourth-order valence-corrected chi connectivity index (χ4v) is 5.12. The normalized spacial score (nSPS) is 19.1. The van der Waals surface area contributed by atoms with Gasteiger partial charge in [0.2, 0.25) is 0 Å². The van der Waals surface area contributed by atoms with E-state index in [1.807, 2.05) is 93.6 Å². The van der Waals surface area contributed by atoms with Crippen molar-refractivity contribution in [1.29, 1.82) is 0 Å². The highest BCUT2D eigenvalue weighted by atomic mass is 16.6. The number of carbonyl (C=O) groups excluding carboxylic acids is 1. The van der Waals surface area contributed by atoms with Crippen molar-refractivity contribution in [3.8, 4) is 5.75 Å². The van der Waals surface area contributed by atoms with Gasteiger partial charge in [-0.25, -0.2) is 19.8 Å². The number of rotatable bonds is 4. The van der Waals surface area contributed by atoms with Gasteiger partial charge < -0.3 is 9.47 Å². The zero-order valence-electron chi connectivity index (χ0n) is 22.9. The lowest BCUT2D eigenvalue weighted by Gasteiger charge is -2.27. The smallest absolute Gasteiger partial charge is 0.410 e. The topological polar surface area (TPSA) is 87.0 Å². The van der Waals surface area contributed by atoms with Gasteiger partial charge in [-0.05, 0) is 74.7 Å². The summed E-state index contributed by atoms with van der Waals surface area (Å²) < 4.78 is 11.6. The number of amidine groups is 1. The summed E-state index contributed by atoms with van der Waals surface area (Å²) in [4.78, 5) is 24.0. The van der Waals surface area contributed by atoms with Crippen LogP contribution in [0.15, 0.2) is 76.7 Å². The molecule has 204 valence electrons. The number of ether oxygens (including phenoxy) is 2. The van der Waals surface area contributed by atoms with E-state index in [2.05, 4.69) is 0 Å². The highest BCUT2D eigenvalue weighted by Crippen LogP contribution is 2.25. The molecule has 0 bridgehead atoms. The van der Waals surface area contributed by atoms with Crippen LogP contribution in [0.5, 0.6) is 5.75 Å². The van der Waals surface area contributed by atoms with Crippen molar-refractivity contribution in [2.75, 3.05) is 6.54 Å². The molecule has 8 nitrogen and oxygen atoms in total. The maximum atomic E-state index is 12.8. The average Bonchev–Trinajstić information content (AvgIpc) is 3.58. The molecule has 0 unspecified atom stereocenters. The second-order valence-electron chi connectivity index (χ2n) is 11.2. The van der Waals surface area contributed by atoms with E-state index in [0.717, 1.165) is 50.2 Å². The Morgan fingerprint density at radius 3 is 2.65 bits per heavy atom. The summed E-state index contributed by atoms with van der Waals surface area (Å²) in [6.07, 6.45) is 4.96. The van der Waals surface area contributed by atoms with Crippen molar-refractivity contribution in [3.05, 3.63) is 93.3 Å². The molecule has 1 atom stereocenters. The van der Waals surface area contributed by atoms with Gasteiger partial charge in [0.15, 0.2) is 5.84 Å². The van der Waals surface area contributed by atoms with Crippen molar-refractivity contribution in [3.63, 3.8) is 0 Å². The Hall–Kier alpha value is -4.43. The minimum Gasteiger partial charge on any atom is -0.489 e. The van der Waals surface area contributed by atoms with Gasteiger partial charge in [0.05, 0.1) is 22.8 Å². The predicted octanol–water partition coefficient (Wildman–Crippen LogP) is 3.36. The molecule has 1 fully saturated rings. The third-order valence-electron chi connectivity index (χ3n) is 7.03. The van der Waals surface area contributed by atoms with Gasteiger partial charge in [0.1, 0.15) is 18.0 Å². The lowest BCUT2D eigenvalue weighted by molar-refractivity contribution is 0.0265. The molecular weight excluding hydrogens is 504 g/mol. The van der Waals surface area contributed by atoms with E-state index in [9.17, 15) is 10.0 Å². The first-order valence-electron chi connectivity index (χ1n) is 13.5. The van der Waals surface area contributed by atoms with Gasteiger partial charge in [-0.2, -0.15) is 0 Å². The molecular formula is C32H32N4O4. The molecule has 0 aromatic heterocycles. The molecule has 0 radical (unpaired) electrons. The number of hydrogen-bond acceptors (Lipinski definition) is 7. The monoisotopic (exact) mass is 536 g/mol. The quantitative estimate of drug-likeness (QED) is 0.553. The number of fused-ring (bicyclic) bond motifs is 2. The third-order valence-corrected chi connectivity index (χ3v) is 7.03. The summed E-state index contributed by atoms with van der Waals surface area (Å²) in [5.41, 5.74) is 1.88. The van der Waals surface area contributed by atoms with Gasteiger partial charge in [0, 0.05) is 23.2 Å². The van der Waals surface area contributed by atoms with Gasteiger partial charge in [-0.3, -0.25) is 10.1 Å². The third kappa shape index (κ3) is 5.35. The van der Waals surface area contributed by atoms with Gasteiger partial charge >= 0.3 is 6.09 Å². The second-order valence-corrected chi connectivity index (χ2v) is 11.2. The molecule has 8 heteroatoms. The fraction of sp³-hybridized carbons (Fsp3) is 0.281. The number of hydroxylamine groups is 2. The molecule has 3 heterocycles. The van der Waals surface area contributed by atoms with Crippen LogP contribution in [0.1, 0.15) is 39.2 Å².